The number of hydrogen-bond donors (Lipinski definition) is 1. The van der Waals surface area contributed by atoms with Crippen LogP contribution in [-0.4, -0.2) is 22.2 Å². The highest BCUT2D eigenvalue weighted by atomic mass is 16.5. The van der Waals surface area contributed by atoms with Crippen molar-refractivity contribution in [2.45, 2.75) is 6.54 Å². The topological polar surface area (TPSA) is 51.5 Å². The highest BCUT2D eigenvalue weighted by Gasteiger charge is 2.09. The lowest BCUT2D eigenvalue weighted by molar-refractivity contribution is 0.0692. The van der Waals surface area contributed by atoms with Crippen LogP contribution in [0, 0.1) is 0 Å². The number of benzene rings is 2. The van der Waals surface area contributed by atoms with Crippen LogP contribution in [0.3, 0.4) is 0 Å². The van der Waals surface area contributed by atoms with E-state index >= 15 is 0 Å². The van der Waals surface area contributed by atoms with Crippen molar-refractivity contribution in [2.75, 3.05) is 6.61 Å². The van der Waals surface area contributed by atoms with Gasteiger partial charge in [-0.15, -0.1) is 0 Å². The number of para-hydroxylation sites is 2. The lowest BCUT2D eigenvalue weighted by Gasteiger charge is -2.10. The summed E-state index contributed by atoms with van der Waals surface area (Å²) in [5, 5.41) is 10.3. The summed E-state index contributed by atoms with van der Waals surface area (Å²) in [6.45, 7) is 1.09. The van der Waals surface area contributed by atoms with E-state index in [1.54, 1.807) is 24.3 Å². The molecule has 0 fully saturated rings. The second-order valence-corrected chi connectivity index (χ2v) is 4.72. The Bertz CT molecular complexity index is 776. The number of hydrogen-bond acceptors (Lipinski definition) is 2. The third kappa shape index (κ3) is 2.74. The van der Waals surface area contributed by atoms with E-state index < -0.39 is 5.97 Å². The van der Waals surface area contributed by atoms with Gasteiger partial charge in [0.1, 0.15) is 17.9 Å². The molecule has 0 aliphatic heterocycles. The van der Waals surface area contributed by atoms with Gasteiger partial charge >= 0.3 is 5.97 Å². The zero-order valence-corrected chi connectivity index (χ0v) is 11.4. The number of ether oxygens (including phenoxy) is 1. The molecule has 4 nitrogen and oxygen atoms in total. The second-order valence-electron chi connectivity index (χ2n) is 4.72. The molecule has 0 amide bonds. The fourth-order valence-electron chi connectivity index (χ4n) is 2.36. The molecule has 0 bridgehead atoms. The molecule has 0 spiro atoms. The summed E-state index contributed by atoms with van der Waals surface area (Å²) in [6, 6.07) is 16.9. The SMILES string of the molecule is O=C(O)c1ccccc1OCCn1ccc2ccccc21. The summed E-state index contributed by atoms with van der Waals surface area (Å²) in [5.41, 5.74) is 1.34. The number of aromatic carboxylic acids is 1. The average molecular weight is 281 g/mol. The van der Waals surface area contributed by atoms with Crippen molar-refractivity contribution in [2.24, 2.45) is 0 Å². The zero-order valence-electron chi connectivity index (χ0n) is 11.4. The van der Waals surface area contributed by atoms with E-state index in [0.717, 1.165) is 5.52 Å². The van der Waals surface area contributed by atoms with E-state index in [1.165, 1.54) is 5.39 Å². The lowest BCUT2D eigenvalue weighted by Crippen LogP contribution is -2.09. The Morgan fingerprint density at radius 3 is 2.67 bits per heavy atom. The van der Waals surface area contributed by atoms with Gasteiger partial charge < -0.3 is 14.4 Å². The Hall–Kier alpha value is -2.75. The van der Waals surface area contributed by atoms with Crippen LogP contribution in [0.5, 0.6) is 5.75 Å². The fraction of sp³-hybridized carbons (Fsp3) is 0.118. The second kappa shape index (κ2) is 5.71. The highest BCUT2D eigenvalue weighted by molar-refractivity contribution is 5.90. The third-order valence-electron chi connectivity index (χ3n) is 3.39. The quantitative estimate of drug-likeness (QED) is 0.779. The van der Waals surface area contributed by atoms with Gasteiger partial charge in [-0.05, 0) is 29.7 Å². The number of carboxylic acids is 1. The molecular formula is C17H15NO3. The van der Waals surface area contributed by atoms with E-state index in [2.05, 4.69) is 22.8 Å². The summed E-state index contributed by atoms with van der Waals surface area (Å²) >= 11 is 0. The summed E-state index contributed by atoms with van der Waals surface area (Å²) in [5.74, 6) is -0.571. The molecule has 1 N–H and O–H groups in total. The van der Waals surface area contributed by atoms with Gasteiger partial charge in [0.2, 0.25) is 0 Å². The first-order chi connectivity index (χ1) is 10.3. The predicted molar refractivity (Wildman–Crippen MR) is 80.8 cm³/mol. The summed E-state index contributed by atoms with van der Waals surface area (Å²) in [7, 11) is 0. The summed E-state index contributed by atoms with van der Waals surface area (Å²) in [6.07, 6.45) is 2.01. The number of nitrogens with zero attached hydrogens (tertiary/aromatic N) is 1. The third-order valence-corrected chi connectivity index (χ3v) is 3.39. The number of aromatic nitrogens is 1. The Labute approximate surface area is 122 Å². The largest absolute Gasteiger partial charge is 0.491 e. The molecule has 0 aliphatic rings. The highest BCUT2D eigenvalue weighted by Crippen LogP contribution is 2.19. The zero-order chi connectivity index (χ0) is 14.7. The normalized spacial score (nSPS) is 10.7. The number of fused-ring (bicyclic) bond motifs is 1. The van der Waals surface area contributed by atoms with E-state index in [0.29, 0.717) is 18.9 Å². The van der Waals surface area contributed by atoms with E-state index in [-0.39, 0.29) is 5.56 Å². The Morgan fingerprint density at radius 2 is 1.81 bits per heavy atom. The van der Waals surface area contributed by atoms with Gasteiger partial charge in [0.25, 0.3) is 0 Å². The first-order valence-electron chi connectivity index (χ1n) is 6.75. The Kier molecular flexibility index (Phi) is 3.60. The smallest absolute Gasteiger partial charge is 0.339 e. The molecule has 1 aromatic heterocycles. The van der Waals surface area contributed by atoms with Crippen LogP contribution in [-0.2, 0) is 6.54 Å². The molecule has 0 atom stereocenters. The Balaban J connectivity index is 1.71. The van der Waals surface area contributed by atoms with Crippen molar-refractivity contribution >= 4 is 16.9 Å². The minimum atomic E-state index is -0.975. The van der Waals surface area contributed by atoms with Crippen LogP contribution in [0.25, 0.3) is 10.9 Å². The van der Waals surface area contributed by atoms with Crippen LogP contribution in [0.15, 0.2) is 60.8 Å². The van der Waals surface area contributed by atoms with E-state index in [9.17, 15) is 4.79 Å². The molecule has 0 saturated carbocycles. The summed E-state index contributed by atoms with van der Waals surface area (Å²) < 4.78 is 7.71. The lowest BCUT2D eigenvalue weighted by atomic mass is 10.2. The number of carbonyl (C=O) groups is 1. The molecule has 3 aromatic rings. The van der Waals surface area contributed by atoms with Crippen molar-refractivity contribution in [3.63, 3.8) is 0 Å². The van der Waals surface area contributed by atoms with Crippen molar-refractivity contribution in [1.82, 2.24) is 4.57 Å². The number of carboxylic acid groups (broad SMARTS) is 1. The van der Waals surface area contributed by atoms with E-state index in [4.69, 9.17) is 9.84 Å². The van der Waals surface area contributed by atoms with Gasteiger partial charge in [-0.3, -0.25) is 0 Å². The van der Waals surface area contributed by atoms with Gasteiger partial charge in [0.15, 0.2) is 0 Å². The van der Waals surface area contributed by atoms with Crippen LogP contribution in [0.4, 0.5) is 0 Å². The van der Waals surface area contributed by atoms with Crippen LogP contribution in [0.2, 0.25) is 0 Å². The average Bonchev–Trinajstić information content (AvgIpc) is 2.91. The molecule has 1 heterocycles. The predicted octanol–water partition coefficient (Wildman–Crippen LogP) is 3.42. The first-order valence-corrected chi connectivity index (χ1v) is 6.75. The molecular weight excluding hydrogens is 266 g/mol. The minimum absolute atomic E-state index is 0.190. The number of rotatable bonds is 5. The van der Waals surface area contributed by atoms with Crippen LogP contribution in [0.1, 0.15) is 10.4 Å². The maximum absolute atomic E-state index is 11.1. The van der Waals surface area contributed by atoms with Gasteiger partial charge in [-0.1, -0.05) is 30.3 Å². The summed E-state index contributed by atoms with van der Waals surface area (Å²) in [4.78, 5) is 11.1. The van der Waals surface area contributed by atoms with Gasteiger partial charge in [0, 0.05) is 11.7 Å². The monoisotopic (exact) mass is 281 g/mol. The molecule has 2 aromatic carbocycles. The standard InChI is InChI=1S/C17H15NO3/c19-17(20)14-6-2-4-8-16(14)21-12-11-18-10-9-13-5-1-3-7-15(13)18/h1-10H,11-12H2,(H,19,20). The molecule has 0 unspecified atom stereocenters. The van der Waals surface area contributed by atoms with Crippen molar-refractivity contribution in [3.05, 3.63) is 66.4 Å². The van der Waals surface area contributed by atoms with Crippen molar-refractivity contribution in [3.8, 4) is 5.75 Å². The first kappa shape index (κ1) is 13.2. The molecule has 106 valence electrons. The maximum Gasteiger partial charge on any atom is 0.339 e. The Morgan fingerprint density at radius 1 is 1.05 bits per heavy atom. The fourth-order valence-corrected chi connectivity index (χ4v) is 2.36. The van der Waals surface area contributed by atoms with Gasteiger partial charge in [0.05, 0.1) is 6.54 Å². The van der Waals surface area contributed by atoms with Crippen molar-refractivity contribution in [1.29, 1.82) is 0 Å². The molecule has 0 radical (unpaired) electrons. The molecule has 4 heteroatoms. The minimum Gasteiger partial charge on any atom is -0.491 e. The van der Waals surface area contributed by atoms with Gasteiger partial charge in [-0.25, -0.2) is 4.79 Å². The van der Waals surface area contributed by atoms with Crippen molar-refractivity contribution < 1.29 is 14.6 Å². The van der Waals surface area contributed by atoms with Gasteiger partial charge in [-0.2, -0.15) is 0 Å². The molecule has 21 heavy (non-hydrogen) atoms. The van der Waals surface area contributed by atoms with E-state index in [1.807, 2.05) is 18.3 Å². The maximum atomic E-state index is 11.1. The molecule has 3 rings (SSSR count). The van der Waals surface area contributed by atoms with Crippen LogP contribution < -0.4 is 4.74 Å². The van der Waals surface area contributed by atoms with Crippen LogP contribution >= 0.6 is 0 Å². The molecule has 0 aliphatic carbocycles. The molecule has 0 saturated heterocycles.